The van der Waals surface area contributed by atoms with Crippen LogP contribution >= 0.6 is 0 Å². The lowest BCUT2D eigenvalue weighted by molar-refractivity contribution is -0.154. The molecule has 1 aliphatic heterocycles. The lowest BCUT2D eigenvalue weighted by Crippen LogP contribution is -2.23. The fourth-order valence-corrected chi connectivity index (χ4v) is 4.28. The number of benzene rings is 1. The first kappa shape index (κ1) is 27.6. The normalized spacial score (nSPS) is 15.6. The summed E-state index contributed by atoms with van der Waals surface area (Å²) in [4.78, 5) is 27.8. The van der Waals surface area contributed by atoms with Gasteiger partial charge in [0.05, 0.1) is 17.6 Å². The fourth-order valence-electron chi connectivity index (χ4n) is 4.28. The topological polar surface area (TPSA) is 101 Å². The summed E-state index contributed by atoms with van der Waals surface area (Å²) in [6, 6.07) is 8.09. The molecule has 1 fully saturated rings. The molecule has 8 heteroatoms. The summed E-state index contributed by atoms with van der Waals surface area (Å²) in [7, 11) is 1.78. The molecule has 3 heterocycles. The molecule has 1 aliphatic rings. The van der Waals surface area contributed by atoms with Gasteiger partial charge in [0.1, 0.15) is 11.4 Å². The number of imidazole rings is 1. The van der Waals surface area contributed by atoms with Crippen molar-refractivity contribution >= 4 is 17.0 Å². The Morgan fingerprint density at radius 3 is 2.61 bits per heavy atom. The lowest BCUT2D eigenvalue weighted by atomic mass is 10.1. The summed E-state index contributed by atoms with van der Waals surface area (Å²) in [6.45, 7) is 12.4. The molecule has 1 unspecified atom stereocenters. The van der Waals surface area contributed by atoms with Crippen LogP contribution in [0.5, 0.6) is 0 Å². The minimum absolute atomic E-state index is 0.0195. The SMILES string of the molecule is CCCC(=O)OC(C)(C)C.Cc1cc(-c2nc3ccc(CN)cc3n2CC2CCOC2)cn(C)c1=O. The molecule has 0 saturated carbocycles. The molecular weight excluding hydrogens is 456 g/mol. The van der Waals surface area contributed by atoms with Crippen molar-refractivity contribution in [1.82, 2.24) is 14.1 Å². The Morgan fingerprint density at radius 1 is 1.28 bits per heavy atom. The van der Waals surface area contributed by atoms with Crippen LogP contribution in [-0.4, -0.2) is 38.9 Å². The van der Waals surface area contributed by atoms with Gasteiger partial charge in [-0.3, -0.25) is 9.59 Å². The quantitative estimate of drug-likeness (QED) is 0.510. The van der Waals surface area contributed by atoms with Crippen LogP contribution in [0.4, 0.5) is 0 Å². The maximum absolute atomic E-state index is 12.1. The second kappa shape index (κ2) is 11.8. The van der Waals surface area contributed by atoms with Crippen molar-refractivity contribution < 1.29 is 14.3 Å². The van der Waals surface area contributed by atoms with E-state index in [0.717, 1.165) is 66.1 Å². The molecule has 1 aromatic carbocycles. The zero-order valence-electron chi connectivity index (χ0n) is 22.5. The Hall–Kier alpha value is -2.97. The third-order valence-electron chi connectivity index (χ3n) is 6.01. The molecule has 1 saturated heterocycles. The van der Waals surface area contributed by atoms with Gasteiger partial charge in [-0.2, -0.15) is 0 Å². The van der Waals surface area contributed by atoms with E-state index in [4.69, 9.17) is 20.2 Å². The van der Waals surface area contributed by atoms with Gasteiger partial charge in [-0.25, -0.2) is 4.98 Å². The Morgan fingerprint density at radius 2 is 2.03 bits per heavy atom. The number of esters is 1. The van der Waals surface area contributed by atoms with Crippen LogP contribution in [0.1, 0.15) is 58.1 Å². The summed E-state index contributed by atoms with van der Waals surface area (Å²) >= 11 is 0. The van der Waals surface area contributed by atoms with Crippen LogP contribution in [0, 0.1) is 12.8 Å². The summed E-state index contributed by atoms with van der Waals surface area (Å²) in [5.41, 5.74) is 10.3. The number of carbonyl (C=O) groups is 1. The molecule has 0 amide bonds. The van der Waals surface area contributed by atoms with Crippen LogP contribution < -0.4 is 11.3 Å². The molecule has 0 radical (unpaired) electrons. The maximum Gasteiger partial charge on any atom is 0.306 e. The number of ether oxygens (including phenoxy) is 2. The molecule has 8 nitrogen and oxygen atoms in total. The van der Waals surface area contributed by atoms with E-state index < -0.39 is 0 Å². The highest BCUT2D eigenvalue weighted by molar-refractivity contribution is 5.81. The van der Waals surface area contributed by atoms with Gasteiger partial charge in [-0.1, -0.05) is 13.0 Å². The predicted octanol–water partition coefficient (Wildman–Crippen LogP) is 4.33. The number of nitrogens with zero attached hydrogens (tertiary/aromatic N) is 3. The molecule has 36 heavy (non-hydrogen) atoms. The monoisotopic (exact) mass is 496 g/mol. The molecule has 2 aromatic heterocycles. The van der Waals surface area contributed by atoms with Crippen LogP contribution in [0.15, 0.2) is 35.3 Å². The summed E-state index contributed by atoms with van der Waals surface area (Å²) in [5.74, 6) is 1.26. The number of aromatic nitrogens is 3. The van der Waals surface area contributed by atoms with Crippen LogP contribution in [0.3, 0.4) is 0 Å². The third-order valence-corrected chi connectivity index (χ3v) is 6.01. The van der Waals surface area contributed by atoms with E-state index in [1.807, 2.05) is 59.0 Å². The van der Waals surface area contributed by atoms with E-state index in [9.17, 15) is 9.59 Å². The van der Waals surface area contributed by atoms with E-state index in [-0.39, 0.29) is 17.1 Å². The molecule has 1 atom stereocenters. The number of carbonyl (C=O) groups excluding carboxylic acids is 1. The van der Waals surface area contributed by atoms with Crippen molar-refractivity contribution in [3.05, 3.63) is 51.9 Å². The first-order valence-electron chi connectivity index (χ1n) is 12.7. The Labute approximate surface area is 213 Å². The zero-order chi connectivity index (χ0) is 26.5. The average molecular weight is 497 g/mol. The van der Waals surface area contributed by atoms with Gasteiger partial charge in [0.15, 0.2) is 0 Å². The van der Waals surface area contributed by atoms with Gasteiger partial charge in [-0.05, 0) is 64.3 Å². The van der Waals surface area contributed by atoms with Crippen molar-refractivity contribution in [3.63, 3.8) is 0 Å². The van der Waals surface area contributed by atoms with Gasteiger partial charge < -0.3 is 24.3 Å². The minimum atomic E-state index is -0.327. The van der Waals surface area contributed by atoms with E-state index >= 15 is 0 Å². The second-order valence-electron chi connectivity index (χ2n) is 10.5. The van der Waals surface area contributed by atoms with Gasteiger partial charge in [0, 0.05) is 56.4 Å². The van der Waals surface area contributed by atoms with Gasteiger partial charge in [0.2, 0.25) is 0 Å². The number of hydrogen-bond acceptors (Lipinski definition) is 6. The molecular formula is C28H40N4O4. The van der Waals surface area contributed by atoms with Crippen molar-refractivity contribution in [2.24, 2.45) is 18.7 Å². The van der Waals surface area contributed by atoms with Gasteiger partial charge in [0.25, 0.3) is 5.56 Å². The highest BCUT2D eigenvalue weighted by atomic mass is 16.6. The number of nitrogens with two attached hydrogens (primary N) is 1. The highest BCUT2D eigenvalue weighted by Gasteiger charge is 2.21. The molecule has 0 spiro atoms. The Bertz CT molecular complexity index is 1220. The molecule has 0 aliphatic carbocycles. The first-order valence-corrected chi connectivity index (χ1v) is 12.7. The molecule has 4 rings (SSSR count). The summed E-state index contributed by atoms with van der Waals surface area (Å²) in [5, 5.41) is 0. The zero-order valence-corrected chi connectivity index (χ0v) is 22.5. The number of aryl methyl sites for hydroxylation is 2. The van der Waals surface area contributed by atoms with Crippen LogP contribution in [-0.2, 0) is 34.4 Å². The van der Waals surface area contributed by atoms with E-state index in [2.05, 4.69) is 10.6 Å². The molecule has 2 N–H and O–H groups in total. The fraction of sp³-hybridized carbons (Fsp3) is 0.536. The summed E-state index contributed by atoms with van der Waals surface area (Å²) < 4.78 is 14.5. The Kier molecular flexibility index (Phi) is 9.08. The smallest absolute Gasteiger partial charge is 0.306 e. The minimum Gasteiger partial charge on any atom is -0.460 e. The van der Waals surface area contributed by atoms with E-state index in [1.54, 1.807) is 11.6 Å². The molecule has 0 bridgehead atoms. The highest BCUT2D eigenvalue weighted by Crippen LogP contribution is 2.28. The number of pyridine rings is 1. The predicted molar refractivity (Wildman–Crippen MR) is 143 cm³/mol. The van der Waals surface area contributed by atoms with E-state index in [1.165, 1.54) is 0 Å². The summed E-state index contributed by atoms with van der Waals surface area (Å²) in [6.07, 6.45) is 4.30. The number of rotatable bonds is 6. The first-order chi connectivity index (χ1) is 17.0. The number of fused-ring (bicyclic) bond motifs is 1. The van der Waals surface area contributed by atoms with E-state index in [0.29, 0.717) is 18.9 Å². The third kappa shape index (κ3) is 7.04. The van der Waals surface area contributed by atoms with Crippen LogP contribution in [0.25, 0.3) is 22.4 Å². The van der Waals surface area contributed by atoms with Gasteiger partial charge >= 0.3 is 5.97 Å². The van der Waals surface area contributed by atoms with Crippen molar-refractivity contribution in [2.75, 3.05) is 13.2 Å². The van der Waals surface area contributed by atoms with Crippen LogP contribution in [0.2, 0.25) is 0 Å². The number of hydrogen-bond donors (Lipinski definition) is 1. The second-order valence-corrected chi connectivity index (χ2v) is 10.5. The van der Waals surface area contributed by atoms with Crippen molar-refractivity contribution in [2.45, 2.75) is 72.6 Å². The largest absolute Gasteiger partial charge is 0.460 e. The van der Waals surface area contributed by atoms with Gasteiger partial charge in [-0.15, -0.1) is 0 Å². The maximum atomic E-state index is 12.1. The molecule has 196 valence electrons. The van der Waals surface area contributed by atoms with Crippen molar-refractivity contribution in [1.29, 1.82) is 0 Å². The standard InChI is InChI=1S/C20H24N4O2.C8H16O2/c1-13-7-16(11-23(2)20(13)25)19-22-17-4-3-14(9-21)8-18(17)24(19)10-15-5-6-26-12-15;1-5-6-7(9)10-8(2,3)4/h3-4,7-8,11,15H,5-6,9-10,12,21H2,1-2H3;5-6H2,1-4H3. The van der Waals surface area contributed by atoms with Crippen molar-refractivity contribution in [3.8, 4) is 11.4 Å². The lowest BCUT2D eigenvalue weighted by Gasteiger charge is -2.18. The Balaban J connectivity index is 0.000000308. The molecule has 3 aromatic rings. The average Bonchev–Trinajstić information content (AvgIpc) is 3.44.